The quantitative estimate of drug-likeness (QED) is 0.724. The number of H-pyrrole nitrogens is 1. The fourth-order valence-corrected chi connectivity index (χ4v) is 2.04. The molecule has 0 aliphatic carbocycles. The summed E-state index contributed by atoms with van der Waals surface area (Å²) in [6.45, 7) is 3.51. The average Bonchev–Trinajstić information content (AvgIpc) is 2.75. The normalized spacial score (nSPS) is 11.1. The summed E-state index contributed by atoms with van der Waals surface area (Å²) in [5, 5.41) is 2.84. The monoisotopic (exact) mass is 258 g/mol. The van der Waals surface area contributed by atoms with Gasteiger partial charge in [0.1, 0.15) is 5.82 Å². The molecule has 0 saturated heterocycles. The lowest BCUT2D eigenvalue weighted by atomic mass is 10.1. The lowest BCUT2D eigenvalue weighted by molar-refractivity contribution is 0.622. The molecule has 96 valence electrons. The van der Waals surface area contributed by atoms with Crippen LogP contribution in [-0.2, 0) is 0 Å². The SMILES string of the molecule is Cc1c(-c2cncc(F)c2)nc2c(C)c[nH]n2c1=O. The lowest BCUT2D eigenvalue weighted by Crippen LogP contribution is -2.19. The summed E-state index contributed by atoms with van der Waals surface area (Å²) >= 11 is 0. The Balaban J connectivity index is 2.38. The van der Waals surface area contributed by atoms with Crippen molar-refractivity contribution in [3.05, 3.63) is 52.0 Å². The van der Waals surface area contributed by atoms with Crippen LogP contribution in [0.4, 0.5) is 4.39 Å². The van der Waals surface area contributed by atoms with Crippen molar-refractivity contribution in [1.82, 2.24) is 19.6 Å². The van der Waals surface area contributed by atoms with Gasteiger partial charge in [-0.05, 0) is 19.9 Å². The van der Waals surface area contributed by atoms with Crippen molar-refractivity contribution < 1.29 is 4.39 Å². The molecule has 0 atom stereocenters. The standard InChI is InChI=1S/C13H11FN4O/c1-7-4-16-18-12(7)17-11(8(2)13(18)19)9-3-10(14)6-15-5-9/h3-6,16H,1-2H3. The molecule has 0 saturated carbocycles. The van der Waals surface area contributed by atoms with Crippen molar-refractivity contribution in [2.75, 3.05) is 0 Å². The number of halogens is 1. The number of aromatic amines is 1. The van der Waals surface area contributed by atoms with Gasteiger partial charge in [-0.15, -0.1) is 0 Å². The van der Waals surface area contributed by atoms with Gasteiger partial charge < -0.3 is 0 Å². The van der Waals surface area contributed by atoms with Gasteiger partial charge in [0.05, 0.1) is 11.9 Å². The molecule has 3 heterocycles. The maximum absolute atomic E-state index is 13.2. The number of hydrogen-bond acceptors (Lipinski definition) is 3. The zero-order valence-electron chi connectivity index (χ0n) is 10.4. The van der Waals surface area contributed by atoms with Crippen LogP contribution in [0.5, 0.6) is 0 Å². The molecule has 19 heavy (non-hydrogen) atoms. The second-order valence-electron chi connectivity index (χ2n) is 4.40. The van der Waals surface area contributed by atoms with Crippen molar-refractivity contribution >= 4 is 5.65 Å². The Labute approximate surface area is 107 Å². The summed E-state index contributed by atoms with van der Waals surface area (Å²) in [4.78, 5) is 20.4. The molecule has 5 nitrogen and oxygen atoms in total. The van der Waals surface area contributed by atoms with E-state index in [-0.39, 0.29) is 5.56 Å². The zero-order valence-corrected chi connectivity index (χ0v) is 10.4. The molecule has 0 aliphatic heterocycles. The van der Waals surface area contributed by atoms with E-state index in [1.807, 2.05) is 6.92 Å². The second kappa shape index (κ2) is 4.01. The minimum Gasteiger partial charge on any atom is -0.297 e. The highest BCUT2D eigenvalue weighted by Gasteiger charge is 2.13. The Hall–Kier alpha value is -2.50. The van der Waals surface area contributed by atoms with Gasteiger partial charge in [-0.25, -0.2) is 13.9 Å². The van der Waals surface area contributed by atoms with Crippen LogP contribution in [0, 0.1) is 19.7 Å². The van der Waals surface area contributed by atoms with E-state index in [0.717, 1.165) is 11.8 Å². The van der Waals surface area contributed by atoms with E-state index in [0.29, 0.717) is 22.5 Å². The highest BCUT2D eigenvalue weighted by atomic mass is 19.1. The molecular formula is C13H11FN4O. The van der Waals surface area contributed by atoms with E-state index in [9.17, 15) is 9.18 Å². The van der Waals surface area contributed by atoms with Crippen LogP contribution < -0.4 is 5.56 Å². The van der Waals surface area contributed by atoms with E-state index < -0.39 is 5.82 Å². The van der Waals surface area contributed by atoms with Gasteiger partial charge in [-0.1, -0.05) is 0 Å². The van der Waals surface area contributed by atoms with E-state index in [1.54, 1.807) is 13.1 Å². The Bertz CT molecular complexity index is 834. The van der Waals surface area contributed by atoms with E-state index in [1.165, 1.54) is 16.8 Å². The molecule has 0 bridgehead atoms. The van der Waals surface area contributed by atoms with Crippen LogP contribution in [0.1, 0.15) is 11.1 Å². The van der Waals surface area contributed by atoms with Crippen molar-refractivity contribution in [2.45, 2.75) is 13.8 Å². The molecule has 0 aromatic carbocycles. The fraction of sp³-hybridized carbons (Fsp3) is 0.154. The largest absolute Gasteiger partial charge is 0.297 e. The summed E-state index contributed by atoms with van der Waals surface area (Å²) in [6.07, 6.45) is 4.32. The third-order valence-electron chi connectivity index (χ3n) is 3.05. The molecule has 3 rings (SSSR count). The molecule has 0 unspecified atom stereocenters. The number of nitrogens with one attached hydrogen (secondary N) is 1. The minimum absolute atomic E-state index is 0.197. The Kier molecular flexibility index (Phi) is 2.45. The number of pyridine rings is 1. The second-order valence-corrected chi connectivity index (χ2v) is 4.40. The number of aryl methyl sites for hydroxylation is 1. The van der Waals surface area contributed by atoms with Gasteiger partial charge in [0.15, 0.2) is 5.65 Å². The summed E-state index contributed by atoms with van der Waals surface area (Å²) in [6, 6.07) is 1.32. The van der Waals surface area contributed by atoms with Crippen molar-refractivity contribution in [3.8, 4) is 11.3 Å². The van der Waals surface area contributed by atoms with Crippen LogP contribution in [0.2, 0.25) is 0 Å². The highest BCUT2D eigenvalue weighted by Crippen LogP contribution is 2.20. The first-order valence-corrected chi connectivity index (χ1v) is 5.76. The van der Waals surface area contributed by atoms with Gasteiger partial charge in [0, 0.05) is 29.1 Å². The van der Waals surface area contributed by atoms with Crippen molar-refractivity contribution in [1.29, 1.82) is 0 Å². The van der Waals surface area contributed by atoms with Gasteiger partial charge in [0.2, 0.25) is 0 Å². The van der Waals surface area contributed by atoms with Gasteiger partial charge in [0.25, 0.3) is 5.56 Å². The number of aromatic nitrogens is 4. The Morgan fingerprint density at radius 3 is 2.84 bits per heavy atom. The van der Waals surface area contributed by atoms with Crippen LogP contribution in [0.3, 0.4) is 0 Å². The minimum atomic E-state index is -0.454. The Morgan fingerprint density at radius 1 is 1.32 bits per heavy atom. The molecule has 6 heteroatoms. The van der Waals surface area contributed by atoms with Crippen molar-refractivity contribution in [3.63, 3.8) is 0 Å². The topological polar surface area (TPSA) is 63.1 Å². The predicted molar refractivity (Wildman–Crippen MR) is 68.5 cm³/mol. The molecule has 3 aromatic rings. The Morgan fingerprint density at radius 2 is 2.11 bits per heavy atom. The number of fused-ring (bicyclic) bond motifs is 1. The molecule has 0 aliphatic rings. The van der Waals surface area contributed by atoms with Crippen LogP contribution in [-0.4, -0.2) is 19.6 Å². The van der Waals surface area contributed by atoms with Crippen LogP contribution in [0.25, 0.3) is 16.9 Å². The first-order valence-electron chi connectivity index (χ1n) is 5.76. The molecule has 0 spiro atoms. The average molecular weight is 258 g/mol. The van der Waals surface area contributed by atoms with E-state index in [2.05, 4.69) is 15.1 Å². The summed E-state index contributed by atoms with van der Waals surface area (Å²) < 4.78 is 14.6. The molecule has 0 fully saturated rings. The first kappa shape index (κ1) is 11.6. The molecular weight excluding hydrogens is 247 g/mol. The van der Waals surface area contributed by atoms with E-state index >= 15 is 0 Å². The summed E-state index contributed by atoms with van der Waals surface area (Å²) in [5.74, 6) is -0.454. The van der Waals surface area contributed by atoms with E-state index in [4.69, 9.17) is 0 Å². The maximum atomic E-state index is 13.2. The third-order valence-corrected chi connectivity index (χ3v) is 3.05. The van der Waals surface area contributed by atoms with Crippen LogP contribution >= 0.6 is 0 Å². The number of hydrogen-bond donors (Lipinski definition) is 1. The third kappa shape index (κ3) is 1.72. The maximum Gasteiger partial charge on any atom is 0.276 e. The summed E-state index contributed by atoms with van der Waals surface area (Å²) in [5.41, 5.74) is 2.60. The molecule has 3 aromatic heterocycles. The lowest BCUT2D eigenvalue weighted by Gasteiger charge is -2.05. The first-order chi connectivity index (χ1) is 9.08. The smallest absolute Gasteiger partial charge is 0.276 e. The zero-order chi connectivity index (χ0) is 13.6. The highest BCUT2D eigenvalue weighted by molar-refractivity contribution is 5.65. The van der Waals surface area contributed by atoms with Gasteiger partial charge in [-0.2, -0.15) is 0 Å². The number of nitrogens with zero attached hydrogens (tertiary/aromatic N) is 3. The number of rotatable bonds is 1. The van der Waals surface area contributed by atoms with Gasteiger partial charge >= 0.3 is 0 Å². The predicted octanol–water partition coefficient (Wildman–Crippen LogP) is 1.84. The van der Waals surface area contributed by atoms with Crippen LogP contribution in [0.15, 0.2) is 29.5 Å². The fourth-order valence-electron chi connectivity index (χ4n) is 2.04. The molecule has 1 N–H and O–H groups in total. The van der Waals surface area contributed by atoms with Crippen molar-refractivity contribution in [2.24, 2.45) is 0 Å². The van der Waals surface area contributed by atoms with Gasteiger partial charge in [-0.3, -0.25) is 14.9 Å². The summed E-state index contributed by atoms with van der Waals surface area (Å²) in [7, 11) is 0. The molecule has 0 amide bonds. The molecule has 0 radical (unpaired) electrons.